The number of unbranched alkanes of at least 4 members (excludes halogenated alkanes) is 1. The SMILES string of the molecule is CCCCN(C)C(=O)CSc1nnc(-c2cc(OC)c(OC)c(OC)c2)o1. The predicted molar refractivity (Wildman–Crippen MR) is 103 cm³/mol. The molecule has 0 saturated carbocycles. The molecule has 0 atom stereocenters. The third-order valence-electron chi connectivity index (χ3n) is 3.91. The molecule has 27 heavy (non-hydrogen) atoms. The molecule has 0 N–H and O–H groups in total. The summed E-state index contributed by atoms with van der Waals surface area (Å²) in [5.41, 5.74) is 0.634. The molecule has 1 amide bonds. The molecular formula is C18H25N3O5S. The topological polar surface area (TPSA) is 86.9 Å². The van der Waals surface area contributed by atoms with Crippen LogP contribution in [-0.2, 0) is 4.79 Å². The van der Waals surface area contributed by atoms with Gasteiger partial charge >= 0.3 is 0 Å². The monoisotopic (exact) mass is 395 g/mol. The third kappa shape index (κ3) is 5.29. The summed E-state index contributed by atoms with van der Waals surface area (Å²) in [6.07, 6.45) is 2.03. The largest absolute Gasteiger partial charge is 0.493 e. The summed E-state index contributed by atoms with van der Waals surface area (Å²) in [5, 5.41) is 8.38. The van der Waals surface area contributed by atoms with E-state index >= 15 is 0 Å². The Bertz CT molecular complexity index is 740. The van der Waals surface area contributed by atoms with Crippen molar-refractivity contribution in [3.05, 3.63) is 12.1 Å². The summed E-state index contributed by atoms with van der Waals surface area (Å²) < 4.78 is 21.6. The smallest absolute Gasteiger partial charge is 0.277 e. The van der Waals surface area contributed by atoms with Crippen molar-refractivity contribution in [2.24, 2.45) is 0 Å². The molecule has 1 heterocycles. The van der Waals surface area contributed by atoms with Crippen molar-refractivity contribution in [2.75, 3.05) is 40.7 Å². The van der Waals surface area contributed by atoms with Crippen LogP contribution in [0.1, 0.15) is 19.8 Å². The van der Waals surface area contributed by atoms with Gasteiger partial charge in [-0.05, 0) is 18.6 Å². The van der Waals surface area contributed by atoms with E-state index in [9.17, 15) is 4.79 Å². The maximum absolute atomic E-state index is 12.1. The molecule has 0 radical (unpaired) electrons. The summed E-state index contributed by atoms with van der Waals surface area (Å²) in [7, 11) is 6.41. The van der Waals surface area contributed by atoms with E-state index < -0.39 is 0 Å². The first kappa shape index (κ1) is 20.9. The lowest BCUT2D eigenvalue weighted by Gasteiger charge is -2.15. The van der Waals surface area contributed by atoms with Crippen molar-refractivity contribution in [2.45, 2.75) is 25.0 Å². The number of aromatic nitrogens is 2. The molecule has 0 saturated heterocycles. The van der Waals surface area contributed by atoms with Gasteiger partial charge in [0.1, 0.15) is 0 Å². The Hall–Kier alpha value is -2.42. The Kier molecular flexibility index (Phi) is 7.78. The number of rotatable bonds is 10. The Morgan fingerprint density at radius 2 is 1.81 bits per heavy atom. The number of hydrogen-bond acceptors (Lipinski definition) is 8. The van der Waals surface area contributed by atoms with Crippen molar-refractivity contribution in [3.63, 3.8) is 0 Å². The summed E-state index contributed by atoms with van der Waals surface area (Å²) in [5.74, 6) is 2.05. The molecule has 0 spiro atoms. The minimum Gasteiger partial charge on any atom is -0.493 e. The van der Waals surface area contributed by atoms with Gasteiger partial charge in [0.05, 0.1) is 27.1 Å². The van der Waals surface area contributed by atoms with Gasteiger partial charge in [0.15, 0.2) is 11.5 Å². The van der Waals surface area contributed by atoms with Crippen LogP contribution in [0, 0.1) is 0 Å². The van der Waals surface area contributed by atoms with Crippen molar-refractivity contribution in [3.8, 4) is 28.7 Å². The van der Waals surface area contributed by atoms with Crippen LogP contribution in [0.4, 0.5) is 0 Å². The Morgan fingerprint density at radius 1 is 1.15 bits per heavy atom. The van der Waals surface area contributed by atoms with Crippen molar-refractivity contribution >= 4 is 17.7 Å². The van der Waals surface area contributed by atoms with Crippen LogP contribution >= 0.6 is 11.8 Å². The van der Waals surface area contributed by atoms with Gasteiger partial charge in [-0.1, -0.05) is 25.1 Å². The molecule has 0 aliphatic carbocycles. The van der Waals surface area contributed by atoms with Crippen LogP contribution < -0.4 is 14.2 Å². The van der Waals surface area contributed by atoms with E-state index in [4.69, 9.17) is 18.6 Å². The Morgan fingerprint density at radius 3 is 2.37 bits per heavy atom. The highest BCUT2D eigenvalue weighted by atomic mass is 32.2. The lowest BCUT2D eigenvalue weighted by molar-refractivity contribution is -0.127. The molecule has 0 bridgehead atoms. The molecule has 2 rings (SSSR count). The number of methoxy groups -OCH3 is 3. The van der Waals surface area contributed by atoms with Gasteiger partial charge in [-0.3, -0.25) is 4.79 Å². The molecule has 0 fully saturated rings. The number of nitrogens with zero attached hydrogens (tertiary/aromatic N) is 3. The van der Waals surface area contributed by atoms with Crippen LogP contribution in [0.3, 0.4) is 0 Å². The standard InChI is InChI=1S/C18H25N3O5S/c1-6-7-8-21(2)15(22)11-27-18-20-19-17(26-18)12-9-13(23-3)16(25-5)14(10-12)24-4/h9-10H,6-8,11H2,1-5H3. The summed E-state index contributed by atoms with van der Waals surface area (Å²) in [6.45, 7) is 2.84. The van der Waals surface area contributed by atoms with Crippen LogP contribution in [0.2, 0.25) is 0 Å². The Balaban J connectivity index is 2.10. The van der Waals surface area contributed by atoms with Crippen molar-refractivity contribution < 1.29 is 23.4 Å². The molecule has 9 heteroatoms. The second-order valence-corrected chi connectivity index (χ2v) is 6.67. The number of thioether (sulfide) groups is 1. The summed E-state index contributed by atoms with van der Waals surface area (Å²) in [6, 6.07) is 3.46. The van der Waals surface area contributed by atoms with E-state index in [0.29, 0.717) is 33.9 Å². The van der Waals surface area contributed by atoms with Gasteiger partial charge in [0, 0.05) is 19.2 Å². The first-order chi connectivity index (χ1) is 13.0. The zero-order chi connectivity index (χ0) is 19.8. The lowest BCUT2D eigenvalue weighted by Crippen LogP contribution is -2.29. The summed E-state index contributed by atoms with van der Waals surface area (Å²) >= 11 is 1.21. The minimum atomic E-state index is 0.0287. The fourth-order valence-electron chi connectivity index (χ4n) is 2.34. The van der Waals surface area contributed by atoms with Crippen molar-refractivity contribution in [1.29, 1.82) is 0 Å². The van der Waals surface area contributed by atoms with Gasteiger partial charge in [-0.2, -0.15) is 0 Å². The molecule has 148 valence electrons. The van der Waals surface area contributed by atoms with E-state index in [0.717, 1.165) is 19.4 Å². The molecule has 0 aliphatic heterocycles. The van der Waals surface area contributed by atoms with Gasteiger partial charge in [0.25, 0.3) is 5.22 Å². The predicted octanol–water partition coefficient (Wildman–Crippen LogP) is 3.11. The third-order valence-corrected chi connectivity index (χ3v) is 4.71. The molecule has 1 aromatic carbocycles. The minimum absolute atomic E-state index is 0.0287. The molecule has 1 aromatic heterocycles. The Labute approximate surface area is 163 Å². The van der Waals surface area contributed by atoms with Crippen LogP contribution in [0.25, 0.3) is 11.5 Å². The highest BCUT2D eigenvalue weighted by Gasteiger charge is 2.18. The second-order valence-electron chi connectivity index (χ2n) is 5.74. The lowest BCUT2D eigenvalue weighted by atomic mass is 10.2. The van der Waals surface area contributed by atoms with E-state index in [1.54, 1.807) is 24.1 Å². The first-order valence-electron chi connectivity index (χ1n) is 8.54. The number of ether oxygens (including phenoxy) is 3. The van der Waals surface area contributed by atoms with Gasteiger partial charge in [-0.15, -0.1) is 10.2 Å². The maximum atomic E-state index is 12.1. The second kappa shape index (κ2) is 10.1. The first-order valence-corrected chi connectivity index (χ1v) is 9.53. The van der Waals surface area contributed by atoms with E-state index in [1.165, 1.54) is 33.1 Å². The fraction of sp³-hybridized carbons (Fsp3) is 0.500. The fourth-order valence-corrected chi connectivity index (χ4v) is 3.05. The van der Waals surface area contributed by atoms with Crippen LogP contribution in [0.5, 0.6) is 17.2 Å². The molecular weight excluding hydrogens is 370 g/mol. The quantitative estimate of drug-likeness (QED) is 0.567. The average Bonchev–Trinajstić information content (AvgIpc) is 3.17. The molecule has 0 aliphatic rings. The van der Waals surface area contributed by atoms with Gasteiger partial charge < -0.3 is 23.5 Å². The van der Waals surface area contributed by atoms with Crippen LogP contribution in [-0.4, -0.2) is 61.7 Å². The van der Waals surface area contributed by atoms with Gasteiger partial charge in [-0.25, -0.2) is 0 Å². The average molecular weight is 395 g/mol. The molecule has 0 unspecified atom stereocenters. The summed E-state index contributed by atoms with van der Waals surface area (Å²) in [4.78, 5) is 13.8. The normalized spacial score (nSPS) is 10.6. The van der Waals surface area contributed by atoms with E-state index in [1.807, 2.05) is 0 Å². The number of carbonyl (C=O) groups is 1. The van der Waals surface area contributed by atoms with E-state index in [2.05, 4.69) is 17.1 Å². The number of benzene rings is 1. The number of amides is 1. The van der Waals surface area contributed by atoms with Crippen LogP contribution in [0.15, 0.2) is 21.8 Å². The number of hydrogen-bond donors (Lipinski definition) is 0. The van der Waals surface area contributed by atoms with E-state index in [-0.39, 0.29) is 11.7 Å². The highest BCUT2D eigenvalue weighted by Crippen LogP contribution is 2.41. The van der Waals surface area contributed by atoms with Crippen molar-refractivity contribution in [1.82, 2.24) is 15.1 Å². The zero-order valence-corrected chi connectivity index (χ0v) is 17.1. The molecule has 8 nitrogen and oxygen atoms in total. The maximum Gasteiger partial charge on any atom is 0.277 e. The highest BCUT2D eigenvalue weighted by molar-refractivity contribution is 7.99. The van der Waals surface area contributed by atoms with Gasteiger partial charge in [0.2, 0.25) is 17.5 Å². The zero-order valence-electron chi connectivity index (χ0n) is 16.3. The molecule has 2 aromatic rings. The number of carbonyl (C=O) groups excluding carboxylic acids is 1.